The van der Waals surface area contributed by atoms with Gasteiger partial charge in [-0.05, 0) is 35.9 Å². The second-order valence-corrected chi connectivity index (χ2v) is 8.72. The number of amides is 1. The summed E-state index contributed by atoms with van der Waals surface area (Å²) in [6, 6.07) is 18.2. The Morgan fingerprint density at radius 2 is 1.80 bits per heavy atom. The van der Waals surface area contributed by atoms with E-state index in [4.69, 9.17) is 4.74 Å². The smallest absolute Gasteiger partial charge is 0.301 e. The van der Waals surface area contributed by atoms with E-state index in [0.717, 1.165) is 4.70 Å². The number of ketones is 1. The number of methoxy groups -OCH3 is 1. The average molecular weight is 487 g/mol. The number of carbonyl (C=O) groups is 2. The van der Waals surface area contributed by atoms with Crippen LogP contribution in [-0.4, -0.2) is 33.8 Å². The van der Waals surface area contributed by atoms with E-state index in [1.54, 1.807) is 55.6 Å². The van der Waals surface area contributed by atoms with Crippen molar-refractivity contribution in [2.24, 2.45) is 0 Å². The Morgan fingerprint density at radius 1 is 1.09 bits per heavy atom. The molecule has 5 rings (SSSR count). The van der Waals surface area contributed by atoms with Crippen LogP contribution in [0.3, 0.4) is 0 Å². The summed E-state index contributed by atoms with van der Waals surface area (Å²) in [7, 11) is 1.54. The molecule has 1 amide bonds. The highest BCUT2D eigenvalue weighted by atomic mass is 32.1. The van der Waals surface area contributed by atoms with Crippen molar-refractivity contribution in [2.45, 2.75) is 6.04 Å². The van der Waals surface area contributed by atoms with Gasteiger partial charge in [0.25, 0.3) is 11.5 Å². The predicted molar refractivity (Wildman–Crippen MR) is 130 cm³/mol. The summed E-state index contributed by atoms with van der Waals surface area (Å²) in [5.74, 6) is -1.44. The lowest BCUT2D eigenvalue weighted by Crippen LogP contribution is -2.29. The summed E-state index contributed by atoms with van der Waals surface area (Å²) >= 11 is 1.20. The Kier molecular flexibility index (Phi) is 5.50. The molecule has 1 fully saturated rings. The molecule has 1 N–H and O–H groups in total. The normalized spacial score (nSPS) is 17.2. The molecule has 0 bridgehead atoms. The van der Waals surface area contributed by atoms with Crippen molar-refractivity contribution in [1.82, 2.24) is 4.98 Å². The molecule has 35 heavy (non-hydrogen) atoms. The Hall–Kier alpha value is -4.57. The lowest BCUT2D eigenvalue weighted by Gasteiger charge is -2.22. The quantitative estimate of drug-likeness (QED) is 0.140. The lowest BCUT2D eigenvalue weighted by molar-refractivity contribution is -0.384. The van der Waals surface area contributed by atoms with E-state index >= 15 is 0 Å². The molecule has 1 saturated heterocycles. The van der Waals surface area contributed by atoms with Gasteiger partial charge in [0.05, 0.1) is 33.9 Å². The summed E-state index contributed by atoms with van der Waals surface area (Å²) in [6.45, 7) is 0. The summed E-state index contributed by atoms with van der Waals surface area (Å²) in [5.41, 5.74) is 1.14. The number of hydrogen-bond acceptors (Lipinski definition) is 8. The molecule has 0 aliphatic carbocycles. The molecule has 1 atom stereocenters. The standard InChI is InChI=1S/C25H17N3O6S/c1-34-17-11-12-18-19(13-17)35-25(26-18)27-21(14-7-9-16(10-8-14)28(32)33)20(23(30)24(27)31)22(29)15-5-3-2-4-6-15/h2-13,21,29H,1H3/b22-20+/t21-/m1/s1. The summed E-state index contributed by atoms with van der Waals surface area (Å²) in [6.07, 6.45) is 0. The number of rotatable bonds is 5. The van der Waals surface area contributed by atoms with Gasteiger partial charge in [-0.25, -0.2) is 4.98 Å². The van der Waals surface area contributed by atoms with Crippen LogP contribution < -0.4 is 9.64 Å². The molecule has 0 spiro atoms. The van der Waals surface area contributed by atoms with Crippen LogP contribution in [0.25, 0.3) is 16.0 Å². The largest absolute Gasteiger partial charge is 0.507 e. The second-order valence-electron chi connectivity index (χ2n) is 7.71. The van der Waals surface area contributed by atoms with Gasteiger partial charge < -0.3 is 9.84 Å². The van der Waals surface area contributed by atoms with E-state index in [1.165, 1.54) is 40.5 Å². The highest BCUT2D eigenvalue weighted by Crippen LogP contribution is 2.44. The van der Waals surface area contributed by atoms with Gasteiger partial charge in [0, 0.05) is 17.7 Å². The van der Waals surface area contributed by atoms with E-state index in [9.17, 15) is 24.8 Å². The lowest BCUT2D eigenvalue weighted by atomic mass is 9.95. The van der Waals surface area contributed by atoms with Gasteiger partial charge in [-0.3, -0.25) is 24.6 Å². The minimum Gasteiger partial charge on any atom is -0.507 e. The first-order valence-corrected chi connectivity index (χ1v) is 11.3. The molecule has 2 heterocycles. The number of thiazole rings is 1. The zero-order valence-corrected chi connectivity index (χ0v) is 19.1. The zero-order valence-electron chi connectivity index (χ0n) is 18.2. The molecule has 0 unspecified atom stereocenters. The van der Waals surface area contributed by atoms with Crippen LogP contribution in [0, 0.1) is 10.1 Å². The van der Waals surface area contributed by atoms with Gasteiger partial charge in [0.15, 0.2) is 5.13 Å². The molecule has 3 aromatic carbocycles. The number of nitro benzene ring substituents is 1. The first-order valence-electron chi connectivity index (χ1n) is 10.4. The van der Waals surface area contributed by atoms with Gasteiger partial charge in [-0.1, -0.05) is 41.7 Å². The second kappa shape index (κ2) is 8.65. The van der Waals surface area contributed by atoms with Crippen molar-refractivity contribution >= 4 is 49.8 Å². The number of benzene rings is 3. The molecule has 9 nitrogen and oxygen atoms in total. The number of fused-ring (bicyclic) bond motifs is 1. The summed E-state index contributed by atoms with van der Waals surface area (Å²) in [5, 5.41) is 22.5. The van der Waals surface area contributed by atoms with Crippen LogP contribution in [0.5, 0.6) is 5.75 Å². The molecule has 10 heteroatoms. The van der Waals surface area contributed by atoms with Crippen LogP contribution in [0.15, 0.2) is 78.4 Å². The zero-order chi connectivity index (χ0) is 24.7. The number of aromatic nitrogens is 1. The van der Waals surface area contributed by atoms with E-state index < -0.39 is 22.7 Å². The number of hydrogen-bond donors (Lipinski definition) is 1. The average Bonchev–Trinajstić information content (AvgIpc) is 3.41. The summed E-state index contributed by atoms with van der Waals surface area (Å²) in [4.78, 5) is 42.9. The van der Waals surface area contributed by atoms with Gasteiger partial charge in [0.2, 0.25) is 0 Å². The number of aliphatic hydroxyl groups excluding tert-OH is 1. The molecule has 1 aliphatic heterocycles. The third-order valence-corrected chi connectivity index (χ3v) is 6.72. The van der Waals surface area contributed by atoms with E-state index in [1.807, 2.05) is 0 Å². The SMILES string of the molecule is COc1ccc2nc(N3C(=O)C(=O)/C(=C(/O)c4ccccc4)[C@H]3c3ccc([N+](=O)[O-])cc3)sc2c1. The third kappa shape index (κ3) is 3.79. The number of non-ortho nitro benzene ring substituents is 1. The maximum Gasteiger partial charge on any atom is 0.301 e. The Labute approximate surface area is 202 Å². The van der Waals surface area contributed by atoms with Crippen molar-refractivity contribution in [3.8, 4) is 5.75 Å². The van der Waals surface area contributed by atoms with Gasteiger partial charge in [-0.2, -0.15) is 0 Å². The van der Waals surface area contributed by atoms with Crippen LogP contribution in [0.4, 0.5) is 10.8 Å². The molecular weight excluding hydrogens is 470 g/mol. The molecule has 1 aliphatic rings. The third-order valence-electron chi connectivity index (χ3n) is 5.70. The maximum atomic E-state index is 13.3. The van der Waals surface area contributed by atoms with E-state index in [0.29, 0.717) is 22.4 Å². The Morgan fingerprint density at radius 3 is 2.46 bits per heavy atom. The fourth-order valence-corrected chi connectivity index (χ4v) is 5.02. The van der Waals surface area contributed by atoms with Crippen molar-refractivity contribution in [3.05, 3.63) is 99.6 Å². The number of carbonyl (C=O) groups excluding carboxylic acids is 2. The Balaban J connectivity index is 1.71. The van der Waals surface area contributed by atoms with E-state index in [2.05, 4.69) is 4.98 Å². The van der Waals surface area contributed by atoms with Crippen LogP contribution in [0.2, 0.25) is 0 Å². The van der Waals surface area contributed by atoms with Crippen molar-refractivity contribution < 1.29 is 24.4 Å². The minimum absolute atomic E-state index is 0.119. The van der Waals surface area contributed by atoms with Gasteiger partial charge in [0.1, 0.15) is 11.5 Å². The molecule has 174 valence electrons. The number of nitrogens with zero attached hydrogens (tertiary/aromatic N) is 3. The number of Topliss-reactive ketones (excluding diaryl/α,β-unsaturated/α-hetero) is 1. The van der Waals surface area contributed by atoms with Gasteiger partial charge >= 0.3 is 5.91 Å². The molecule has 0 radical (unpaired) electrons. The van der Waals surface area contributed by atoms with Crippen molar-refractivity contribution in [3.63, 3.8) is 0 Å². The number of nitro groups is 1. The van der Waals surface area contributed by atoms with Crippen molar-refractivity contribution in [2.75, 3.05) is 12.0 Å². The first kappa shape index (κ1) is 22.2. The molecule has 1 aromatic heterocycles. The van der Waals surface area contributed by atoms with Crippen LogP contribution in [0.1, 0.15) is 17.2 Å². The highest BCUT2D eigenvalue weighted by molar-refractivity contribution is 7.22. The molecule has 4 aromatic rings. The highest BCUT2D eigenvalue weighted by Gasteiger charge is 2.48. The maximum absolute atomic E-state index is 13.3. The van der Waals surface area contributed by atoms with Crippen molar-refractivity contribution in [1.29, 1.82) is 0 Å². The molecular formula is C25H17N3O6S. The fourth-order valence-electron chi connectivity index (χ4n) is 4.00. The minimum atomic E-state index is -1.03. The number of ether oxygens (including phenoxy) is 1. The monoisotopic (exact) mass is 487 g/mol. The predicted octanol–water partition coefficient (Wildman–Crippen LogP) is 4.84. The van der Waals surface area contributed by atoms with Crippen LogP contribution in [-0.2, 0) is 9.59 Å². The van der Waals surface area contributed by atoms with E-state index in [-0.39, 0.29) is 22.2 Å². The molecule has 0 saturated carbocycles. The number of anilines is 1. The van der Waals surface area contributed by atoms with Crippen LogP contribution >= 0.6 is 11.3 Å². The number of aliphatic hydroxyl groups is 1. The van der Waals surface area contributed by atoms with Gasteiger partial charge in [-0.15, -0.1) is 0 Å². The first-order chi connectivity index (χ1) is 16.9. The topological polar surface area (TPSA) is 123 Å². The summed E-state index contributed by atoms with van der Waals surface area (Å²) < 4.78 is 6.00. The Bertz CT molecular complexity index is 1510. The fraction of sp³-hybridized carbons (Fsp3) is 0.0800.